The molecule has 0 aliphatic carbocycles. The van der Waals surface area contributed by atoms with E-state index in [2.05, 4.69) is 0 Å². The second-order valence-corrected chi connectivity index (χ2v) is 7.25. The Bertz CT molecular complexity index is 939. The Kier molecular flexibility index (Phi) is 5.53. The molecule has 140 valence electrons. The smallest absolute Gasteiger partial charge is 0.277 e. The van der Waals surface area contributed by atoms with Crippen molar-refractivity contribution in [2.24, 2.45) is 5.92 Å². The first kappa shape index (κ1) is 19.4. The minimum absolute atomic E-state index is 0.0810. The molecular weight excluding hydrogens is 392 g/mol. The summed E-state index contributed by atoms with van der Waals surface area (Å²) in [4.78, 5) is 26.2. The van der Waals surface area contributed by atoms with E-state index in [4.69, 9.17) is 27.9 Å². The number of hydrogen-bond donors (Lipinski definition) is 0. The molecule has 2 aromatic carbocycles. The van der Waals surface area contributed by atoms with Crippen LogP contribution in [0.15, 0.2) is 47.5 Å². The maximum Gasteiger partial charge on any atom is 0.277 e. The molecule has 0 atom stereocenters. The van der Waals surface area contributed by atoms with Gasteiger partial charge < -0.3 is 4.74 Å². The van der Waals surface area contributed by atoms with Crippen molar-refractivity contribution in [3.8, 4) is 5.75 Å². The van der Waals surface area contributed by atoms with E-state index in [1.807, 2.05) is 13.8 Å². The molecule has 2 amide bonds. The number of halogens is 3. The maximum atomic E-state index is 13.4. The van der Waals surface area contributed by atoms with Gasteiger partial charge in [-0.15, -0.1) is 0 Å². The SMILES string of the molecule is CC(C)COc1ccc(C2=C(Cl)C(=O)N(c3ccc(F)c(Cl)c3)C2=O)cc1. The van der Waals surface area contributed by atoms with Crippen molar-refractivity contribution < 1.29 is 18.7 Å². The standard InChI is InChI=1S/C20H16Cl2FNO3/c1-11(2)10-27-14-6-3-12(4-7-14)17-18(22)20(26)24(19(17)25)13-5-8-16(23)15(21)9-13/h3-9,11H,10H2,1-2H3. The van der Waals surface area contributed by atoms with Gasteiger partial charge in [0.25, 0.3) is 11.8 Å². The van der Waals surface area contributed by atoms with E-state index in [9.17, 15) is 14.0 Å². The second kappa shape index (κ2) is 7.71. The van der Waals surface area contributed by atoms with E-state index in [1.165, 1.54) is 12.1 Å². The normalized spacial score (nSPS) is 14.5. The average Bonchev–Trinajstić information content (AvgIpc) is 2.85. The van der Waals surface area contributed by atoms with Gasteiger partial charge in [0.15, 0.2) is 0 Å². The molecule has 0 radical (unpaired) electrons. The molecule has 1 aliphatic heterocycles. The lowest BCUT2D eigenvalue weighted by Crippen LogP contribution is -2.31. The number of nitrogens with zero attached hydrogens (tertiary/aromatic N) is 1. The van der Waals surface area contributed by atoms with E-state index >= 15 is 0 Å². The number of imide groups is 1. The minimum Gasteiger partial charge on any atom is -0.493 e. The van der Waals surface area contributed by atoms with E-state index in [1.54, 1.807) is 24.3 Å². The van der Waals surface area contributed by atoms with E-state index in [-0.39, 0.29) is 21.3 Å². The lowest BCUT2D eigenvalue weighted by Gasteiger charge is -2.15. The second-order valence-electron chi connectivity index (χ2n) is 6.46. The fourth-order valence-corrected chi connectivity index (χ4v) is 3.04. The van der Waals surface area contributed by atoms with Gasteiger partial charge >= 0.3 is 0 Å². The molecule has 3 rings (SSSR count). The monoisotopic (exact) mass is 407 g/mol. The predicted octanol–water partition coefficient (Wildman–Crippen LogP) is 5.04. The zero-order chi connectivity index (χ0) is 19.7. The summed E-state index contributed by atoms with van der Waals surface area (Å²) < 4.78 is 19.0. The molecule has 0 aromatic heterocycles. The Morgan fingerprint density at radius 2 is 1.70 bits per heavy atom. The molecule has 27 heavy (non-hydrogen) atoms. The zero-order valence-electron chi connectivity index (χ0n) is 14.6. The molecule has 7 heteroatoms. The third-order valence-electron chi connectivity index (χ3n) is 3.92. The molecule has 0 saturated heterocycles. The Morgan fingerprint density at radius 3 is 2.30 bits per heavy atom. The van der Waals surface area contributed by atoms with Crippen LogP contribution in [-0.2, 0) is 9.59 Å². The first-order chi connectivity index (χ1) is 12.8. The average molecular weight is 408 g/mol. The topological polar surface area (TPSA) is 46.6 Å². The first-order valence-electron chi connectivity index (χ1n) is 8.26. The van der Waals surface area contributed by atoms with Crippen molar-refractivity contribution >= 4 is 46.3 Å². The van der Waals surface area contributed by atoms with Gasteiger partial charge in [-0.05, 0) is 41.8 Å². The molecule has 0 fully saturated rings. The Morgan fingerprint density at radius 1 is 1.04 bits per heavy atom. The van der Waals surface area contributed by atoms with Crippen LogP contribution in [0.3, 0.4) is 0 Å². The van der Waals surface area contributed by atoms with Crippen LogP contribution in [0.2, 0.25) is 5.02 Å². The van der Waals surface area contributed by atoms with Gasteiger partial charge in [0.2, 0.25) is 0 Å². The molecule has 4 nitrogen and oxygen atoms in total. The predicted molar refractivity (Wildman–Crippen MR) is 103 cm³/mol. The Labute approximate surface area is 166 Å². The molecule has 0 spiro atoms. The minimum atomic E-state index is -0.681. The van der Waals surface area contributed by atoms with Crippen LogP contribution in [0.25, 0.3) is 5.57 Å². The number of benzene rings is 2. The Balaban J connectivity index is 1.89. The molecule has 2 aromatic rings. The summed E-state index contributed by atoms with van der Waals surface area (Å²) in [6, 6.07) is 10.4. The van der Waals surface area contributed by atoms with Gasteiger partial charge in [-0.3, -0.25) is 9.59 Å². The molecule has 1 heterocycles. The fourth-order valence-electron chi connectivity index (χ4n) is 2.59. The third kappa shape index (κ3) is 3.84. The lowest BCUT2D eigenvalue weighted by atomic mass is 10.1. The van der Waals surface area contributed by atoms with Crippen molar-refractivity contribution in [2.75, 3.05) is 11.5 Å². The largest absolute Gasteiger partial charge is 0.493 e. The number of rotatable bonds is 5. The maximum absolute atomic E-state index is 13.4. The summed E-state index contributed by atoms with van der Waals surface area (Å²) >= 11 is 11.9. The number of carbonyl (C=O) groups is 2. The number of anilines is 1. The van der Waals surface area contributed by atoms with Gasteiger partial charge in [0.1, 0.15) is 16.6 Å². The van der Waals surface area contributed by atoms with Gasteiger partial charge in [0, 0.05) is 0 Å². The van der Waals surface area contributed by atoms with Crippen LogP contribution in [0.4, 0.5) is 10.1 Å². The molecular formula is C20H16Cl2FNO3. The van der Waals surface area contributed by atoms with Crippen LogP contribution in [0.5, 0.6) is 5.75 Å². The quantitative estimate of drug-likeness (QED) is 0.652. The highest BCUT2D eigenvalue weighted by atomic mass is 35.5. The van der Waals surface area contributed by atoms with E-state index in [0.29, 0.717) is 23.8 Å². The molecule has 1 aliphatic rings. The summed E-state index contributed by atoms with van der Waals surface area (Å²) in [5.74, 6) is -0.881. The zero-order valence-corrected chi connectivity index (χ0v) is 16.1. The third-order valence-corrected chi connectivity index (χ3v) is 4.56. The number of ether oxygens (including phenoxy) is 1. The van der Waals surface area contributed by atoms with Crippen LogP contribution in [-0.4, -0.2) is 18.4 Å². The molecule has 0 unspecified atom stereocenters. The van der Waals surface area contributed by atoms with Crippen molar-refractivity contribution in [1.29, 1.82) is 0 Å². The lowest BCUT2D eigenvalue weighted by molar-refractivity contribution is -0.119. The number of hydrogen-bond acceptors (Lipinski definition) is 3. The molecule has 0 N–H and O–H groups in total. The van der Waals surface area contributed by atoms with Gasteiger partial charge in [0.05, 0.1) is 22.9 Å². The van der Waals surface area contributed by atoms with E-state index < -0.39 is 17.6 Å². The van der Waals surface area contributed by atoms with Gasteiger partial charge in [-0.1, -0.05) is 49.2 Å². The molecule has 0 bridgehead atoms. The summed E-state index contributed by atoms with van der Waals surface area (Å²) in [7, 11) is 0. The van der Waals surface area contributed by atoms with Crippen LogP contribution in [0, 0.1) is 11.7 Å². The van der Waals surface area contributed by atoms with Gasteiger partial charge in [-0.2, -0.15) is 0 Å². The van der Waals surface area contributed by atoms with Gasteiger partial charge in [-0.25, -0.2) is 9.29 Å². The van der Waals surface area contributed by atoms with Crippen molar-refractivity contribution in [3.63, 3.8) is 0 Å². The summed E-state index contributed by atoms with van der Waals surface area (Å²) in [5.41, 5.74) is 0.727. The van der Waals surface area contributed by atoms with Crippen molar-refractivity contribution in [3.05, 3.63) is 63.9 Å². The summed E-state index contributed by atoms with van der Waals surface area (Å²) in [5, 5.41) is -0.388. The number of carbonyl (C=O) groups excluding carboxylic acids is 2. The van der Waals surface area contributed by atoms with Crippen molar-refractivity contribution in [2.45, 2.75) is 13.8 Å². The highest BCUT2D eigenvalue weighted by Gasteiger charge is 2.39. The summed E-state index contributed by atoms with van der Waals surface area (Å²) in [6.07, 6.45) is 0. The van der Waals surface area contributed by atoms with Crippen LogP contribution >= 0.6 is 23.2 Å². The highest BCUT2D eigenvalue weighted by molar-refractivity contribution is 6.60. The number of amides is 2. The highest BCUT2D eigenvalue weighted by Crippen LogP contribution is 2.36. The van der Waals surface area contributed by atoms with Crippen LogP contribution in [0.1, 0.15) is 19.4 Å². The first-order valence-corrected chi connectivity index (χ1v) is 9.02. The van der Waals surface area contributed by atoms with Crippen molar-refractivity contribution in [1.82, 2.24) is 0 Å². The Hall–Kier alpha value is -2.37. The van der Waals surface area contributed by atoms with E-state index in [0.717, 1.165) is 11.0 Å². The fraction of sp³-hybridized carbons (Fsp3) is 0.200. The molecule has 0 saturated carbocycles. The van der Waals surface area contributed by atoms with Crippen LogP contribution < -0.4 is 9.64 Å². The summed E-state index contributed by atoms with van der Waals surface area (Å²) in [6.45, 7) is 4.65.